The molecule has 1 aromatic rings. The van der Waals surface area contributed by atoms with Gasteiger partial charge in [-0.2, -0.15) is 17.5 Å². The maximum Gasteiger partial charge on any atom is 0.490 e. The van der Waals surface area contributed by atoms with Gasteiger partial charge in [0.25, 0.3) is 0 Å². The molecule has 0 bridgehead atoms. The molecule has 0 aliphatic rings. The first kappa shape index (κ1) is 74.4. The van der Waals surface area contributed by atoms with E-state index in [0.717, 1.165) is 0 Å². The van der Waals surface area contributed by atoms with Crippen molar-refractivity contribution in [1.82, 2.24) is 46.8 Å². The van der Waals surface area contributed by atoms with Crippen LogP contribution in [-0.2, 0) is 74.0 Å². The van der Waals surface area contributed by atoms with Gasteiger partial charge in [0, 0.05) is 19.0 Å². The summed E-state index contributed by atoms with van der Waals surface area (Å²) in [6.07, 6.45) is -6.50. The molecule has 20 N–H and O–H groups in total. The van der Waals surface area contributed by atoms with Gasteiger partial charge in [-0.1, -0.05) is 71.4 Å². The first-order valence-electron chi connectivity index (χ1n) is 25.2. The maximum absolute atomic E-state index is 13.9. The van der Waals surface area contributed by atoms with E-state index in [0.29, 0.717) is 16.3 Å². The van der Waals surface area contributed by atoms with Crippen molar-refractivity contribution in [2.45, 2.75) is 134 Å². The Balaban J connectivity index is 0.00000874. The minimum absolute atomic E-state index is 0.0922. The van der Waals surface area contributed by atoms with E-state index < -0.39 is 192 Å². The first-order chi connectivity index (χ1) is 38.0. The Morgan fingerprint density at radius 2 is 1.13 bits per heavy atom. The van der Waals surface area contributed by atoms with Gasteiger partial charge in [-0.3, -0.25) is 52.7 Å². The molecule has 1 rings (SSSR count). The molecule has 11 amide bonds. The normalized spacial score (nSPS) is 15.1. The Labute approximate surface area is 469 Å². The van der Waals surface area contributed by atoms with Crippen LogP contribution in [0.2, 0.25) is 0 Å². The van der Waals surface area contributed by atoms with E-state index in [9.17, 15) is 89.6 Å². The molecule has 464 valence electrons. The van der Waals surface area contributed by atoms with Crippen LogP contribution in [0.4, 0.5) is 13.2 Å². The number of nitrogens with zero attached hydrogens (tertiary/aromatic N) is 1. The molecule has 0 aliphatic carbocycles. The van der Waals surface area contributed by atoms with Gasteiger partial charge in [0.2, 0.25) is 75.0 Å². The lowest BCUT2D eigenvalue weighted by molar-refractivity contribution is -0.192. The van der Waals surface area contributed by atoms with Crippen LogP contribution < -0.4 is 65.5 Å². The van der Waals surface area contributed by atoms with Crippen LogP contribution in [0.3, 0.4) is 0 Å². The molecule has 0 fully saturated rings. The van der Waals surface area contributed by atoms with Crippen LogP contribution in [0.1, 0.15) is 72.8 Å². The topological polar surface area (TPSA) is 523 Å². The van der Waals surface area contributed by atoms with Crippen molar-refractivity contribution in [2.24, 2.45) is 34.8 Å². The number of nitrogens with one attached hydrogen (secondary N) is 8. The zero-order valence-corrected chi connectivity index (χ0v) is 46.6. The summed E-state index contributed by atoms with van der Waals surface area (Å²) in [5, 5.41) is 54.7. The summed E-state index contributed by atoms with van der Waals surface area (Å²) in [5.74, 6) is -15.6. The molecule has 82 heavy (non-hydrogen) atoms. The number of sulfonamides is 1. The number of amides is 11. The van der Waals surface area contributed by atoms with Crippen molar-refractivity contribution < 1.29 is 99.5 Å². The summed E-state index contributed by atoms with van der Waals surface area (Å²) in [5.41, 5.74) is 21.7. The van der Waals surface area contributed by atoms with Gasteiger partial charge in [-0.15, -0.1) is 0 Å². The molecule has 0 saturated heterocycles. The number of carboxylic acid groups (broad SMARTS) is 1. The second-order valence-corrected chi connectivity index (χ2v) is 20.8. The monoisotopic (exact) mass is 1200 g/mol. The largest absolute Gasteiger partial charge is 0.490 e. The van der Waals surface area contributed by atoms with Crippen molar-refractivity contribution in [3.8, 4) is 0 Å². The minimum atomic E-state index is -5.08. The fourth-order valence-corrected chi connectivity index (χ4v) is 9.05. The fourth-order valence-electron chi connectivity index (χ4n) is 7.18. The number of carboxylic acids is 1. The number of carbonyl (C=O) groups is 12. The molecule has 0 saturated carbocycles. The van der Waals surface area contributed by atoms with E-state index in [1.54, 1.807) is 58.0 Å². The lowest BCUT2D eigenvalue weighted by Crippen LogP contribution is -2.60. The molecule has 0 aliphatic heterocycles. The molecule has 0 spiro atoms. The number of nitrogens with two attached hydrogens (primary N) is 4. The number of aliphatic carboxylic acids is 1. The number of aliphatic hydroxyl groups is 3. The first-order valence-corrected chi connectivity index (χ1v) is 26.8. The molecule has 0 aromatic heterocycles. The maximum atomic E-state index is 13.9. The van der Waals surface area contributed by atoms with Gasteiger partial charge in [0.05, 0.1) is 45.0 Å². The Morgan fingerprint density at radius 1 is 0.634 bits per heavy atom. The highest BCUT2D eigenvalue weighted by atomic mass is 32.2. The van der Waals surface area contributed by atoms with Gasteiger partial charge in [0.1, 0.15) is 48.3 Å². The summed E-state index contributed by atoms with van der Waals surface area (Å²) in [4.78, 5) is 151. The van der Waals surface area contributed by atoms with Crippen LogP contribution in [0.5, 0.6) is 0 Å². The van der Waals surface area contributed by atoms with Crippen molar-refractivity contribution in [1.29, 1.82) is 0 Å². The van der Waals surface area contributed by atoms with Gasteiger partial charge in [-0.05, 0) is 30.7 Å². The molecule has 31 nitrogen and oxygen atoms in total. The highest BCUT2D eigenvalue weighted by Crippen LogP contribution is 2.17. The number of primary amides is 3. The predicted molar refractivity (Wildman–Crippen MR) is 281 cm³/mol. The van der Waals surface area contributed by atoms with Crippen molar-refractivity contribution >= 4 is 81.0 Å². The van der Waals surface area contributed by atoms with E-state index in [-0.39, 0.29) is 25.3 Å². The summed E-state index contributed by atoms with van der Waals surface area (Å²) in [6.45, 7) is 5.70. The minimum Gasteiger partial charge on any atom is -0.475 e. The van der Waals surface area contributed by atoms with E-state index in [2.05, 4.69) is 42.5 Å². The van der Waals surface area contributed by atoms with Crippen LogP contribution in [0.15, 0.2) is 30.3 Å². The summed E-state index contributed by atoms with van der Waals surface area (Å²) in [6, 6.07) is -5.43. The van der Waals surface area contributed by atoms with E-state index in [1.165, 1.54) is 13.8 Å². The number of hydrogen-bond acceptors (Lipinski definition) is 18. The SMILES string of the molecule is CC[C@H](C)[C@H](NC(=O)[C@H](C)NC(=O)CNC(=O)[C@H](Cc1ccccc1)NC(=O)[C@H](CC(N)=O)NC(=O)[C@H](CC(N)=O)NC(=O)[C@@H](N)CO)C(=O)N[C@@H](CC(C)C)CS(=O)(=O)N(CC)[C@@H](CO)C(=O)N[C@@H](CO)C(N)=O.O=C(O)C(F)(F)F. The number of likely N-dealkylation sites (N-methyl/N-ethyl adjacent to an activating group) is 1. The van der Waals surface area contributed by atoms with Gasteiger partial charge in [0.15, 0.2) is 0 Å². The Bertz CT molecular complexity index is 2480. The average molecular weight is 1200 g/mol. The predicted octanol–water partition coefficient (Wildman–Crippen LogP) is -6.96. The third kappa shape index (κ3) is 27.2. The standard InChI is InChI=1S/C45H75N13O16S.C2HF3O2/c1-7-24(5)37(45(72)52-27(14-23(3)4)22-75(73,74)58(8-2)33(21-61)44(71)56-32(20-60)38(49)65)57-39(66)25(6)51-36(64)18-50-41(68)29(15-26-12-10-9-11-13-26)54-43(70)31(17-35(48)63)55-42(69)30(16-34(47)62)53-40(67)28(46)19-59;3-2(4,5)1(6)7/h9-13,23-25,27-33,37,59-61H,7-8,14-22,46H2,1-6H3,(H2,47,62)(H2,48,63)(H2,49,65)(H,50,68)(H,51,64)(H,52,72)(H,53,67)(H,54,70)(H,55,69)(H,56,71)(H,57,66);(H,6,7)/t24-,25-,27-,28-,29-,30-,31-,32-,33-,37-;/m0./s1. The third-order valence-electron chi connectivity index (χ3n) is 11.6. The van der Waals surface area contributed by atoms with E-state index in [4.69, 9.17) is 32.8 Å². The second kappa shape index (κ2) is 36.0. The molecule has 0 radical (unpaired) electrons. The highest BCUT2D eigenvalue weighted by molar-refractivity contribution is 7.89. The summed E-state index contributed by atoms with van der Waals surface area (Å²) < 4.78 is 60.1. The third-order valence-corrected chi connectivity index (χ3v) is 13.7. The second-order valence-electron chi connectivity index (χ2n) is 18.8. The number of aliphatic hydroxyl groups excluding tert-OH is 3. The lowest BCUT2D eigenvalue weighted by Gasteiger charge is -2.32. The lowest BCUT2D eigenvalue weighted by atomic mass is 9.97. The molecular formula is C47H76F3N13O18S. The zero-order chi connectivity index (χ0) is 63.4. The van der Waals surface area contributed by atoms with Gasteiger partial charge >= 0.3 is 12.1 Å². The zero-order valence-electron chi connectivity index (χ0n) is 45.8. The van der Waals surface area contributed by atoms with Crippen molar-refractivity contribution in [3.63, 3.8) is 0 Å². The van der Waals surface area contributed by atoms with Gasteiger partial charge in [-0.25, -0.2) is 13.2 Å². The van der Waals surface area contributed by atoms with Crippen LogP contribution in [0, 0.1) is 11.8 Å². The number of halogens is 3. The van der Waals surface area contributed by atoms with Crippen LogP contribution in [0.25, 0.3) is 0 Å². The smallest absolute Gasteiger partial charge is 0.475 e. The Morgan fingerprint density at radius 3 is 1.56 bits per heavy atom. The quantitative estimate of drug-likeness (QED) is 0.0300. The molecular weight excluding hydrogens is 1120 g/mol. The Kier molecular flexibility index (Phi) is 32.7. The molecule has 0 unspecified atom stereocenters. The van der Waals surface area contributed by atoms with Gasteiger partial charge < -0.3 is 85.9 Å². The molecule has 35 heteroatoms. The number of carbonyl (C=O) groups excluding carboxylic acids is 11. The average Bonchev–Trinajstić information content (AvgIpc) is 3.38. The fraction of sp³-hybridized carbons (Fsp3) is 0.617. The van der Waals surface area contributed by atoms with Crippen LogP contribution in [-0.4, -0.2) is 203 Å². The number of alkyl halides is 3. The number of rotatable bonds is 35. The van der Waals surface area contributed by atoms with Crippen molar-refractivity contribution in [3.05, 3.63) is 35.9 Å². The van der Waals surface area contributed by atoms with E-state index in [1.807, 2.05) is 0 Å². The number of hydrogen-bond donors (Lipinski definition) is 16. The Hall–Kier alpha value is -7.60. The summed E-state index contributed by atoms with van der Waals surface area (Å²) in [7, 11) is -4.48. The molecule has 10 atom stereocenters. The van der Waals surface area contributed by atoms with Crippen molar-refractivity contribution in [2.75, 3.05) is 38.7 Å². The molecule has 1 aromatic carbocycles. The van der Waals surface area contributed by atoms with Crippen LogP contribution >= 0.6 is 0 Å². The summed E-state index contributed by atoms with van der Waals surface area (Å²) >= 11 is 0. The number of benzene rings is 1. The van der Waals surface area contributed by atoms with E-state index >= 15 is 0 Å². The highest BCUT2D eigenvalue weighted by Gasteiger charge is 2.40. The molecule has 0 heterocycles.